The molecule has 190 valence electrons. The van der Waals surface area contributed by atoms with Gasteiger partial charge >= 0.3 is 0 Å². The zero-order chi connectivity index (χ0) is 24.6. The van der Waals surface area contributed by atoms with Crippen molar-refractivity contribution in [2.75, 3.05) is 0 Å². The lowest BCUT2D eigenvalue weighted by molar-refractivity contribution is -0.263. The number of hydrogen-bond acceptors (Lipinski definition) is 4. The Bertz CT molecular complexity index is 774. The van der Waals surface area contributed by atoms with Gasteiger partial charge in [-0.3, -0.25) is 0 Å². The largest absolute Gasteiger partial charge is 0.393 e. The van der Waals surface area contributed by atoms with Crippen LogP contribution in [0, 0.1) is 46.3 Å². The Kier molecular flexibility index (Phi) is 6.47. The summed E-state index contributed by atoms with van der Waals surface area (Å²) in [5.74, 6) is 2.71. The summed E-state index contributed by atoms with van der Waals surface area (Å²) in [6.45, 7) is 15.7. The molecule has 4 heteroatoms. The fraction of sp³-hybridized carbons (Fsp3) is 0.931. The SMILES string of the molecule is CC(C)C(C)C(C)CC(C)(O)C1=CCC2C3CC(O)C4(O)CC(O)CCC4(C)C3CCC12C. The van der Waals surface area contributed by atoms with E-state index >= 15 is 0 Å². The van der Waals surface area contributed by atoms with Gasteiger partial charge in [0.05, 0.1) is 23.4 Å². The van der Waals surface area contributed by atoms with Crippen LogP contribution in [0.1, 0.15) is 99.8 Å². The molecule has 0 aromatic rings. The minimum Gasteiger partial charge on any atom is -0.393 e. The monoisotopic (exact) mass is 462 g/mol. The highest BCUT2D eigenvalue weighted by molar-refractivity contribution is 5.33. The molecular weight excluding hydrogens is 412 g/mol. The van der Waals surface area contributed by atoms with Crippen LogP contribution in [0.15, 0.2) is 11.6 Å². The second-order valence-corrected chi connectivity index (χ2v) is 13.7. The summed E-state index contributed by atoms with van der Waals surface area (Å²) in [5, 5.41) is 45.0. The fourth-order valence-electron chi connectivity index (χ4n) is 9.24. The Morgan fingerprint density at radius 2 is 1.73 bits per heavy atom. The molecule has 0 spiro atoms. The van der Waals surface area contributed by atoms with Crippen molar-refractivity contribution in [3.63, 3.8) is 0 Å². The van der Waals surface area contributed by atoms with Crippen molar-refractivity contribution in [2.45, 2.75) is 123 Å². The molecule has 0 aromatic heterocycles. The molecule has 4 rings (SSSR count). The van der Waals surface area contributed by atoms with Gasteiger partial charge in [-0.25, -0.2) is 0 Å². The Labute approximate surface area is 201 Å². The van der Waals surface area contributed by atoms with E-state index in [0.717, 1.165) is 32.1 Å². The highest BCUT2D eigenvalue weighted by Crippen LogP contribution is 2.68. The molecule has 0 aromatic carbocycles. The van der Waals surface area contributed by atoms with Gasteiger partial charge in [-0.05, 0) is 98.4 Å². The van der Waals surface area contributed by atoms with Crippen molar-refractivity contribution in [3.8, 4) is 0 Å². The molecule has 0 saturated heterocycles. The predicted octanol–water partition coefficient (Wildman–Crippen LogP) is 5.08. The summed E-state index contributed by atoms with van der Waals surface area (Å²) in [5.41, 5.74) is -1.19. The summed E-state index contributed by atoms with van der Waals surface area (Å²) >= 11 is 0. The van der Waals surface area contributed by atoms with Crippen LogP contribution in [0.2, 0.25) is 0 Å². The maximum atomic E-state index is 11.8. The van der Waals surface area contributed by atoms with Crippen LogP contribution in [-0.2, 0) is 0 Å². The fourth-order valence-corrected chi connectivity index (χ4v) is 9.24. The molecule has 11 atom stereocenters. The van der Waals surface area contributed by atoms with Gasteiger partial charge in [-0.1, -0.05) is 47.6 Å². The van der Waals surface area contributed by atoms with Crippen molar-refractivity contribution in [1.82, 2.24) is 0 Å². The first-order valence-corrected chi connectivity index (χ1v) is 13.7. The summed E-state index contributed by atoms with van der Waals surface area (Å²) in [6.07, 6.45) is 7.19. The van der Waals surface area contributed by atoms with Crippen molar-refractivity contribution < 1.29 is 20.4 Å². The molecule has 4 aliphatic carbocycles. The predicted molar refractivity (Wildman–Crippen MR) is 132 cm³/mol. The van der Waals surface area contributed by atoms with Gasteiger partial charge < -0.3 is 20.4 Å². The van der Waals surface area contributed by atoms with Gasteiger partial charge in [0.1, 0.15) is 0 Å². The van der Waals surface area contributed by atoms with Gasteiger partial charge in [0.25, 0.3) is 0 Å². The first-order chi connectivity index (χ1) is 15.2. The molecule has 0 radical (unpaired) electrons. The van der Waals surface area contributed by atoms with E-state index in [2.05, 4.69) is 47.6 Å². The number of allylic oxidation sites excluding steroid dienone is 1. The molecule has 0 aliphatic heterocycles. The second kappa shape index (κ2) is 8.32. The minimum absolute atomic E-state index is 0.0504. The van der Waals surface area contributed by atoms with E-state index in [0.29, 0.717) is 54.8 Å². The molecule has 3 saturated carbocycles. The van der Waals surface area contributed by atoms with E-state index in [-0.39, 0.29) is 10.8 Å². The molecule has 33 heavy (non-hydrogen) atoms. The molecule has 4 N–H and O–H groups in total. The zero-order valence-corrected chi connectivity index (χ0v) is 22.1. The summed E-state index contributed by atoms with van der Waals surface area (Å²) in [4.78, 5) is 0. The van der Waals surface area contributed by atoms with Crippen LogP contribution in [0.4, 0.5) is 0 Å². The van der Waals surface area contributed by atoms with Crippen molar-refractivity contribution in [3.05, 3.63) is 11.6 Å². The van der Waals surface area contributed by atoms with Crippen LogP contribution in [0.25, 0.3) is 0 Å². The minimum atomic E-state index is -1.19. The first kappa shape index (κ1) is 25.7. The molecule has 0 bridgehead atoms. The average Bonchev–Trinajstić information content (AvgIpc) is 3.08. The van der Waals surface area contributed by atoms with Crippen molar-refractivity contribution in [1.29, 1.82) is 0 Å². The Morgan fingerprint density at radius 1 is 1.06 bits per heavy atom. The highest BCUT2D eigenvalue weighted by atomic mass is 16.3. The lowest BCUT2D eigenvalue weighted by atomic mass is 9.42. The summed E-state index contributed by atoms with van der Waals surface area (Å²) in [7, 11) is 0. The molecule has 4 nitrogen and oxygen atoms in total. The Hall–Kier alpha value is -0.420. The Morgan fingerprint density at radius 3 is 2.36 bits per heavy atom. The lowest BCUT2D eigenvalue weighted by Gasteiger charge is -2.65. The smallest absolute Gasteiger partial charge is 0.0985 e. The maximum absolute atomic E-state index is 11.8. The van der Waals surface area contributed by atoms with E-state index in [4.69, 9.17) is 0 Å². The lowest BCUT2D eigenvalue weighted by Crippen LogP contribution is -2.68. The van der Waals surface area contributed by atoms with Gasteiger partial charge in [0, 0.05) is 11.8 Å². The van der Waals surface area contributed by atoms with E-state index in [9.17, 15) is 20.4 Å². The van der Waals surface area contributed by atoms with Crippen molar-refractivity contribution in [2.24, 2.45) is 46.3 Å². The summed E-state index contributed by atoms with van der Waals surface area (Å²) < 4.78 is 0. The van der Waals surface area contributed by atoms with Gasteiger partial charge in [-0.15, -0.1) is 0 Å². The van der Waals surface area contributed by atoms with Gasteiger partial charge in [-0.2, -0.15) is 0 Å². The number of hydrogen-bond donors (Lipinski definition) is 4. The number of aliphatic hydroxyl groups excluding tert-OH is 2. The average molecular weight is 463 g/mol. The van der Waals surface area contributed by atoms with Gasteiger partial charge in [0.2, 0.25) is 0 Å². The zero-order valence-electron chi connectivity index (χ0n) is 22.1. The molecular formula is C29H50O4. The highest BCUT2D eigenvalue weighted by Gasteiger charge is 2.67. The van der Waals surface area contributed by atoms with Crippen molar-refractivity contribution >= 4 is 0 Å². The molecule has 11 unspecified atom stereocenters. The van der Waals surface area contributed by atoms with Crippen LogP contribution < -0.4 is 0 Å². The first-order valence-electron chi connectivity index (χ1n) is 13.7. The number of aliphatic hydroxyl groups is 4. The Balaban J connectivity index is 1.58. The third-order valence-electron chi connectivity index (χ3n) is 11.7. The summed E-state index contributed by atoms with van der Waals surface area (Å²) in [6, 6.07) is 0. The normalized spacial score (nSPS) is 48.8. The second-order valence-electron chi connectivity index (χ2n) is 13.7. The third kappa shape index (κ3) is 3.77. The van der Waals surface area contributed by atoms with Crippen LogP contribution in [0.5, 0.6) is 0 Å². The topological polar surface area (TPSA) is 80.9 Å². The number of fused-ring (bicyclic) bond motifs is 5. The maximum Gasteiger partial charge on any atom is 0.0985 e. The third-order valence-corrected chi connectivity index (χ3v) is 11.7. The van der Waals surface area contributed by atoms with Crippen LogP contribution in [0.3, 0.4) is 0 Å². The molecule has 0 amide bonds. The van der Waals surface area contributed by atoms with E-state index < -0.39 is 23.4 Å². The number of rotatable bonds is 5. The standard InChI is InChI=1S/C29H50O4/c1-17(2)19(4)18(3)15-28(7,32)24-9-8-22-21-14-25(31)29(33)16-20(30)10-13-27(29,6)23(21)11-12-26(22,24)5/h9,17-23,25,30-33H,8,10-16H2,1-7H3. The molecule has 4 aliphatic rings. The van der Waals surface area contributed by atoms with E-state index in [1.54, 1.807) is 0 Å². The molecule has 0 heterocycles. The van der Waals surface area contributed by atoms with Crippen LogP contribution >= 0.6 is 0 Å². The quantitative estimate of drug-likeness (QED) is 0.430. The van der Waals surface area contributed by atoms with E-state index in [1.807, 2.05) is 6.92 Å². The van der Waals surface area contributed by atoms with Crippen LogP contribution in [-0.4, -0.2) is 43.8 Å². The van der Waals surface area contributed by atoms with E-state index in [1.165, 1.54) is 5.57 Å². The van der Waals surface area contributed by atoms with Gasteiger partial charge in [0.15, 0.2) is 0 Å². The molecule has 3 fully saturated rings.